The van der Waals surface area contributed by atoms with E-state index >= 15 is 0 Å². The molecule has 1 aromatic carbocycles. The van der Waals surface area contributed by atoms with Gasteiger partial charge in [0.25, 0.3) is 0 Å². The van der Waals surface area contributed by atoms with Gasteiger partial charge in [0.1, 0.15) is 6.29 Å². The first kappa shape index (κ1) is 8.05. The molecule has 0 amide bonds. The molecule has 13 heavy (non-hydrogen) atoms. The van der Waals surface area contributed by atoms with Crippen molar-refractivity contribution in [2.24, 2.45) is 0 Å². The SMILES string of the molecule is O=CC=C(c1ccccc1)N1CC1. The smallest absolute Gasteiger partial charge is 0.144 e. The lowest BCUT2D eigenvalue weighted by atomic mass is 10.1. The van der Waals surface area contributed by atoms with Crippen LogP contribution >= 0.6 is 0 Å². The lowest BCUT2D eigenvalue weighted by Gasteiger charge is -2.07. The number of carbonyl (C=O) groups excluding carboxylic acids is 1. The molecule has 0 spiro atoms. The van der Waals surface area contributed by atoms with Crippen LogP contribution in [0.2, 0.25) is 0 Å². The zero-order valence-corrected chi connectivity index (χ0v) is 7.31. The van der Waals surface area contributed by atoms with Crippen molar-refractivity contribution in [1.82, 2.24) is 4.90 Å². The summed E-state index contributed by atoms with van der Waals surface area (Å²) in [5, 5.41) is 0. The summed E-state index contributed by atoms with van der Waals surface area (Å²) in [5.41, 5.74) is 2.16. The Balaban J connectivity index is 2.30. The highest BCUT2D eigenvalue weighted by Gasteiger charge is 2.20. The number of hydrogen-bond donors (Lipinski definition) is 0. The molecular weight excluding hydrogens is 162 g/mol. The predicted octanol–water partition coefficient (Wildman–Crippen LogP) is 1.54. The van der Waals surface area contributed by atoms with Gasteiger partial charge in [0.2, 0.25) is 0 Å². The van der Waals surface area contributed by atoms with Crippen molar-refractivity contribution >= 4 is 12.0 Å². The van der Waals surface area contributed by atoms with Gasteiger partial charge in [-0.3, -0.25) is 4.79 Å². The fraction of sp³-hybridized carbons (Fsp3) is 0.182. The lowest BCUT2D eigenvalue weighted by Crippen LogP contribution is -1.96. The zero-order chi connectivity index (χ0) is 9.10. The van der Waals surface area contributed by atoms with E-state index < -0.39 is 0 Å². The second-order valence-corrected chi connectivity index (χ2v) is 3.04. The van der Waals surface area contributed by atoms with Crippen LogP contribution in [-0.4, -0.2) is 24.3 Å². The summed E-state index contributed by atoms with van der Waals surface area (Å²) in [6.07, 6.45) is 2.48. The summed E-state index contributed by atoms with van der Waals surface area (Å²) in [6.45, 7) is 2.13. The molecule has 0 unspecified atom stereocenters. The van der Waals surface area contributed by atoms with Gasteiger partial charge in [-0.1, -0.05) is 30.3 Å². The van der Waals surface area contributed by atoms with Crippen molar-refractivity contribution in [3.63, 3.8) is 0 Å². The van der Waals surface area contributed by atoms with E-state index in [1.165, 1.54) is 0 Å². The Morgan fingerprint density at radius 3 is 2.46 bits per heavy atom. The molecule has 1 aromatic rings. The van der Waals surface area contributed by atoms with Crippen molar-refractivity contribution in [1.29, 1.82) is 0 Å². The third-order valence-corrected chi connectivity index (χ3v) is 2.08. The minimum Gasteiger partial charge on any atom is -0.367 e. The Morgan fingerprint density at radius 2 is 1.92 bits per heavy atom. The number of carbonyl (C=O) groups is 1. The molecule has 1 saturated heterocycles. The largest absolute Gasteiger partial charge is 0.367 e. The van der Waals surface area contributed by atoms with E-state index in [0.717, 1.165) is 30.6 Å². The molecule has 1 heterocycles. The first-order chi connectivity index (χ1) is 6.42. The Bertz CT molecular complexity index is 325. The fourth-order valence-electron chi connectivity index (χ4n) is 1.35. The fourth-order valence-corrected chi connectivity index (χ4v) is 1.35. The topological polar surface area (TPSA) is 20.1 Å². The van der Waals surface area contributed by atoms with E-state index in [2.05, 4.69) is 4.90 Å². The molecule has 1 fully saturated rings. The van der Waals surface area contributed by atoms with E-state index in [1.54, 1.807) is 6.08 Å². The number of aldehydes is 1. The summed E-state index contributed by atoms with van der Waals surface area (Å²) < 4.78 is 0. The summed E-state index contributed by atoms with van der Waals surface area (Å²) in [5.74, 6) is 0. The Hall–Kier alpha value is -1.57. The van der Waals surface area contributed by atoms with Crippen molar-refractivity contribution in [3.05, 3.63) is 42.0 Å². The van der Waals surface area contributed by atoms with Gasteiger partial charge in [-0.2, -0.15) is 0 Å². The van der Waals surface area contributed by atoms with Crippen LogP contribution in [0.4, 0.5) is 0 Å². The molecule has 0 saturated carbocycles. The molecule has 2 heteroatoms. The van der Waals surface area contributed by atoms with Gasteiger partial charge in [-0.15, -0.1) is 0 Å². The van der Waals surface area contributed by atoms with Crippen LogP contribution < -0.4 is 0 Å². The highest BCUT2D eigenvalue weighted by atomic mass is 16.1. The number of benzene rings is 1. The van der Waals surface area contributed by atoms with E-state index in [1.807, 2.05) is 30.3 Å². The molecule has 0 aliphatic carbocycles. The van der Waals surface area contributed by atoms with Gasteiger partial charge in [-0.25, -0.2) is 0 Å². The number of rotatable bonds is 3. The van der Waals surface area contributed by atoms with E-state index in [-0.39, 0.29) is 0 Å². The van der Waals surface area contributed by atoms with Crippen LogP contribution in [0.3, 0.4) is 0 Å². The van der Waals surface area contributed by atoms with Gasteiger partial charge in [0, 0.05) is 24.9 Å². The maximum atomic E-state index is 10.4. The van der Waals surface area contributed by atoms with Gasteiger partial charge in [-0.05, 0) is 5.56 Å². The average molecular weight is 173 g/mol. The average Bonchev–Trinajstić information content (AvgIpc) is 2.99. The summed E-state index contributed by atoms with van der Waals surface area (Å²) in [4.78, 5) is 12.6. The Kier molecular flexibility index (Phi) is 2.13. The second kappa shape index (κ2) is 3.44. The summed E-state index contributed by atoms with van der Waals surface area (Å²) >= 11 is 0. The first-order valence-corrected chi connectivity index (χ1v) is 4.37. The third kappa shape index (κ3) is 1.78. The van der Waals surface area contributed by atoms with Crippen LogP contribution in [-0.2, 0) is 4.79 Å². The molecule has 2 rings (SSSR count). The monoisotopic (exact) mass is 173 g/mol. The Labute approximate surface area is 77.5 Å². The van der Waals surface area contributed by atoms with Crippen LogP contribution in [0.5, 0.6) is 0 Å². The van der Waals surface area contributed by atoms with E-state index in [4.69, 9.17) is 0 Å². The molecule has 0 N–H and O–H groups in total. The standard InChI is InChI=1S/C11H11NO/c13-9-6-11(12-7-8-12)10-4-2-1-3-5-10/h1-6,9H,7-8H2. The highest BCUT2D eigenvalue weighted by molar-refractivity contribution is 5.81. The van der Waals surface area contributed by atoms with Gasteiger partial charge in [0.15, 0.2) is 0 Å². The number of allylic oxidation sites excluding steroid dienone is 1. The number of nitrogens with zero attached hydrogens (tertiary/aromatic N) is 1. The van der Waals surface area contributed by atoms with Gasteiger partial charge in [0.05, 0.1) is 0 Å². The van der Waals surface area contributed by atoms with Crippen LogP contribution in [0.15, 0.2) is 36.4 Å². The highest BCUT2D eigenvalue weighted by Crippen LogP contribution is 2.24. The van der Waals surface area contributed by atoms with Crippen molar-refractivity contribution in [2.45, 2.75) is 0 Å². The minimum absolute atomic E-state index is 0.848. The third-order valence-electron chi connectivity index (χ3n) is 2.08. The molecule has 2 nitrogen and oxygen atoms in total. The van der Waals surface area contributed by atoms with Crippen molar-refractivity contribution < 1.29 is 4.79 Å². The van der Waals surface area contributed by atoms with Crippen molar-refractivity contribution in [2.75, 3.05) is 13.1 Å². The van der Waals surface area contributed by atoms with E-state index in [9.17, 15) is 4.79 Å². The second-order valence-electron chi connectivity index (χ2n) is 3.04. The van der Waals surface area contributed by atoms with Crippen LogP contribution in [0.25, 0.3) is 5.70 Å². The quantitative estimate of drug-likeness (QED) is 0.392. The first-order valence-electron chi connectivity index (χ1n) is 4.37. The summed E-state index contributed by atoms with van der Waals surface area (Å²) in [6, 6.07) is 9.99. The molecule has 1 aliphatic rings. The van der Waals surface area contributed by atoms with Crippen molar-refractivity contribution in [3.8, 4) is 0 Å². The molecule has 66 valence electrons. The molecule has 0 aromatic heterocycles. The maximum absolute atomic E-state index is 10.4. The molecule has 1 aliphatic heterocycles. The molecule has 0 bridgehead atoms. The van der Waals surface area contributed by atoms with Gasteiger partial charge < -0.3 is 4.90 Å². The Morgan fingerprint density at radius 1 is 1.23 bits per heavy atom. The zero-order valence-electron chi connectivity index (χ0n) is 7.31. The normalized spacial score (nSPS) is 15.7. The molecular formula is C11H11NO. The maximum Gasteiger partial charge on any atom is 0.144 e. The van der Waals surface area contributed by atoms with Gasteiger partial charge >= 0.3 is 0 Å². The van der Waals surface area contributed by atoms with Crippen LogP contribution in [0, 0.1) is 0 Å². The van der Waals surface area contributed by atoms with E-state index in [0.29, 0.717) is 0 Å². The minimum atomic E-state index is 0.848. The predicted molar refractivity (Wildman–Crippen MR) is 52.1 cm³/mol. The number of hydrogen-bond acceptors (Lipinski definition) is 2. The lowest BCUT2D eigenvalue weighted by molar-refractivity contribution is -0.104. The molecule has 0 atom stereocenters. The summed E-state index contributed by atoms with van der Waals surface area (Å²) in [7, 11) is 0. The van der Waals surface area contributed by atoms with Crippen LogP contribution in [0.1, 0.15) is 5.56 Å². The molecule has 0 radical (unpaired) electrons.